The number of fused-ring (bicyclic) bond motifs is 2. The molecule has 2 aliphatic heterocycles. The van der Waals surface area contributed by atoms with Gasteiger partial charge >= 0.3 is 5.97 Å². The van der Waals surface area contributed by atoms with Crippen molar-refractivity contribution in [3.05, 3.63) is 29.8 Å². The summed E-state index contributed by atoms with van der Waals surface area (Å²) in [6, 6.07) is 5.99. The normalized spacial score (nSPS) is 28.1. The predicted molar refractivity (Wildman–Crippen MR) is 78.7 cm³/mol. The molecule has 0 aliphatic carbocycles. The highest BCUT2D eigenvalue weighted by molar-refractivity contribution is 7.89. The van der Waals surface area contributed by atoms with E-state index in [9.17, 15) is 18.3 Å². The standard InChI is InChI=1S/C15H19NO5S/c1-21-9-10-2-5-12(6-3-10)22(19,20)16-11-4-7-14(16)13(8-11)15(17)18/h2-3,5-6,11,13-14H,4,7-9H2,1H3,(H,17,18). The van der Waals surface area contributed by atoms with Crippen molar-refractivity contribution in [2.24, 2.45) is 5.92 Å². The first-order valence-corrected chi connectivity index (χ1v) is 8.73. The maximum absolute atomic E-state index is 12.8. The summed E-state index contributed by atoms with van der Waals surface area (Å²) < 4.78 is 32.1. The SMILES string of the molecule is COCc1ccc(S(=O)(=O)N2C3CCC2C(C(=O)O)C3)cc1. The molecule has 120 valence electrons. The summed E-state index contributed by atoms with van der Waals surface area (Å²) in [5.41, 5.74) is 0.897. The molecule has 1 aromatic carbocycles. The van der Waals surface area contributed by atoms with E-state index in [0.717, 1.165) is 12.0 Å². The van der Waals surface area contributed by atoms with Crippen molar-refractivity contribution in [2.75, 3.05) is 7.11 Å². The first-order valence-electron chi connectivity index (χ1n) is 7.29. The Morgan fingerprint density at radius 2 is 2.00 bits per heavy atom. The highest BCUT2D eigenvalue weighted by Crippen LogP contribution is 2.45. The number of benzene rings is 1. The highest BCUT2D eigenvalue weighted by atomic mass is 32.2. The van der Waals surface area contributed by atoms with Crippen LogP contribution in [0, 0.1) is 5.92 Å². The molecule has 2 aliphatic rings. The maximum Gasteiger partial charge on any atom is 0.308 e. The molecule has 2 bridgehead atoms. The molecule has 0 saturated carbocycles. The molecule has 3 rings (SSSR count). The van der Waals surface area contributed by atoms with Gasteiger partial charge < -0.3 is 9.84 Å². The van der Waals surface area contributed by atoms with Crippen LogP contribution in [-0.2, 0) is 26.2 Å². The third-order valence-corrected chi connectivity index (χ3v) is 6.59. The topological polar surface area (TPSA) is 83.9 Å². The number of carbonyl (C=O) groups is 1. The van der Waals surface area contributed by atoms with Crippen molar-refractivity contribution >= 4 is 16.0 Å². The van der Waals surface area contributed by atoms with Crippen LogP contribution in [0.25, 0.3) is 0 Å². The third-order valence-electron chi connectivity index (χ3n) is 4.60. The van der Waals surface area contributed by atoms with Gasteiger partial charge in [0.25, 0.3) is 0 Å². The number of hydrogen-bond donors (Lipinski definition) is 1. The Hall–Kier alpha value is -1.44. The predicted octanol–water partition coefficient (Wildman–Crippen LogP) is 1.46. The second-order valence-electron chi connectivity index (χ2n) is 5.89. The average molecular weight is 325 g/mol. The largest absolute Gasteiger partial charge is 0.481 e. The molecule has 1 N–H and O–H groups in total. The van der Waals surface area contributed by atoms with Crippen LogP contribution in [0.1, 0.15) is 24.8 Å². The Morgan fingerprint density at radius 1 is 1.32 bits per heavy atom. The number of aliphatic carboxylic acids is 1. The Morgan fingerprint density at radius 3 is 2.55 bits per heavy atom. The lowest BCUT2D eigenvalue weighted by atomic mass is 9.89. The van der Waals surface area contributed by atoms with Crippen LogP contribution < -0.4 is 0 Å². The number of carboxylic acids is 1. The molecule has 2 saturated heterocycles. The first-order chi connectivity index (χ1) is 10.4. The van der Waals surface area contributed by atoms with Crippen molar-refractivity contribution in [1.82, 2.24) is 4.31 Å². The highest BCUT2D eigenvalue weighted by Gasteiger charge is 2.54. The summed E-state index contributed by atoms with van der Waals surface area (Å²) in [7, 11) is -2.06. The zero-order chi connectivity index (χ0) is 15.9. The van der Waals surface area contributed by atoms with Crippen molar-refractivity contribution in [3.63, 3.8) is 0 Å². The van der Waals surface area contributed by atoms with E-state index < -0.39 is 28.0 Å². The molecular weight excluding hydrogens is 306 g/mol. The molecule has 2 heterocycles. The van der Waals surface area contributed by atoms with Crippen LogP contribution in [0.3, 0.4) is 0 Å². The summed E-state index contributed by atoms with van der Waals surface area (Å²) in [6.07, 6.45) is 1.79. The fourth-order valence-electron chi connectivity index (χ4n) is 3.62. The minimum Gasteiger partial charge on any atom is -0.481 e. The monoisotopic (exact) mass is 325 g/mol. The number of sulfonamides is 1. The van der Waals surface area contributed by atoms with Gasteiger partial charge in [0.15, 0.2) is 0 Å². The smallest absolute Gasteiger partial charge is 0.308 e. The molecule has 6 nitrogen and oxygen atoms in total. The third kappa shape index (κ3) is 2.43. The zero-order valence-electron chi connectivity index (χ0n) is 12.3. The van der Waals surface area contributed by atoms with Crippen molar-refractivity contribution in [1.29, 1.82) is 0 Å². The van der Waals surface area contributed by atoms with Crippen LogP contribution >= 0.6 is 0 Å². The van der Waals surface area contributed by atoms with Crippen LogP contribution in [0.5, 0.6) is 0 Å². The summed E-state index contributed by atoms with van der Waals surface area (Å²) in [5, 5.41) is 9.25. The van der Waals surface area contributed by atoms with Gasteiger partial charge in [0.1, 0.15) is 0 Å². The lowest BCUT2D eigenvalue weighted by Crippen LogP contribution is -2.37. The Labute approximate surface area is 129 Å². The first kappa shape index (κ1) is 15.5. The molecular formula is C15H19NO5S. The number of carboxylic acid groups (broad SMARTS) is 1. The summed E-state index contributed by atoms with van der Waals surface area (Å²) >= 11 is 0. The van der Waals surface area contributed by atoms with E-state index in [1.807, 2.05) is 0 Å². The number of rotatable bonds is 5. The Bertz CT molecular complexity index is 670. The molecule has 3 unspecified atom stereocenters. The van der Waals surface area contributed by atoms with Crippen LogP contribution in [0.15, 0.2) is 29.2 Å². The lowest BCUT2D eigenvalue weighted by Gasteiger charge is -2.22. The van der Waals surface area contributed by atoms with Crippen molar-refractivity contribution < 1.29 is 23.1 Å². The number of methoxy groups -OCH3 is 1. The second-order valence-corrected chi connectivity index (χ2v) is 7.73. The van der Waals surface area contributed by atoms with Gasteiger partial charge in [0.05, 0.1) is 17.4 Å². The van der Waals surface area contributed by atoms with E-state index in [4.69, 9.17) is 4.74 Å². The number of hydrogen-bond acceptors (Lipinski definition) is 4. The van der Waals surface area contributed by atoms with E-state index >= 15 is 0 Å². The summed E-state index contributed by atoms with van der Waals surface area (Å²) in [5.74, 6) is -1.48. The Kier molecular flexibility index (Phi) is 3.96. The van der Waals surface area contributed by atoms with Gasteiger partial charge in [-0.25, -0.2) is 8.42 Å². The van der Waals surface area contributed by atoms with Gasteiger partial charge in [0, 0.05) is 19.2 Å². The minimum atomic E-state index is -3.64. The lowest BCUT2D eigenvalue weighted by molar-refractivity contribution is -0.142. The molecule has 2 fully saturated rings. The molecule has 3 atom stereocenters. The van der Waals surface area contributed by atoms with Crippen LogP contribution in [-0.4, -0.2) is 43.0 Å². The van der Waals surface area contributed by atoms with E-state index in [1.54, 1.807) is 31.4 Å². The molecule has 0 radical (unpaired) electrons. The maximum atomic E-state index is 12.8. The van der Waals surface area contributed by atoms with Crippen molar-refractivity contribution in [2.45, 2.75) is 42.8 Å². The number of ether oxygens (including phenoxy) is 1. The van der Waals surface area contributed by atoms with Crippen LogP contribution in [0.2, 0.25) is 0 Å². The molecule has 7 heteroatoms. The molecule has 22 heavy (non-hydrogen) atoms. The van der Waals surface area contributed by atoms with Crippen molar-refractivity contribution in [3.8, 4) is 0 Å². The molecule has 0 aromatic heterocycles. The quantitative estimate of drug-likeness (QED) is 0.886. The van der Waals surface area contributed by atoms with Gasteiger partial charge in [-0.05, 0) is 37.0 Å². The van der Waals surface area contributed by atoms with E-state index in [1.165, 1.54) is 4.31 Å². The fraction of sp³-hybridized carbons (Fsp3) is 0.533. The minimum absolute atomic E-state index is 0.185. The van der Waals surface area contributed by atoms with Gasteiger partial charge in [-0.1, -0.05) is 12.1 Å². The second kappa shape index (κ2) is 5.64. The molecule has 0 spiro atoms. The summed E-state index contributed by atoms with van der Waals surface area (Å²) in [4.78, 5) is 11.5. The van der Waals surface area contributed by atoms with E-state index in [0.29, 0.717) is 19.4 Å². The summed E-state index contributed by atoms with van der Waals surface area (Å²) in [6.45, 7) is 0.427. The van der Waals surface area contributed by atoms with Gasteiger partial charge in [-0.15, -0.1) is 0 Å². The van der Waals surface area contributed by atoms with Gasteiger partial charge in [-0.3, -0.25) is 4.79 Å². The van der Waals surface area contributed by atoms with E-state index in [2.05, 4.69) is 0 Å². The van der Waals surface area contributed by atoms with Gasteiger partial charge in [-0.2, -0.15) is 4.31 Å². The van der Waals surface area contributed by atoms with Crippen LogP contribution in [0.4, 0.5) is 0 Å². The average Bonchev–Trinajstić information content (AvgIpc) is 3.06. The molecule has 1 aromatic rings. The fourth-order valence-corrected chi connectivity index (χ4v) is 5.54. The zero-order valence-corrected chi connectivity index (χ0v) is 13.1. The number of nitrogens with zero attached hydrogens (tertiary/aromatic N) is 1. The Balaban J connectivity index is 1.89. The molecule has 0 amide bonds. The van der Waals surface area contributed by atoms with E-state index in [-0.39, 0.29) is 10.9 Å². The van der Waals surface area contributed by atoms with Gasteiger partial charge in [0.2, 0.25) is 10.0 Å².